The molecule has 132 valence electrons. The van der Waals surface area contributed by atoms with E-state index in [4.69, 9.17) is 9.47 Å². The molecule has 1 aromatic heterocycles. The van der Waals surface area contributed by atoms with Gasteiger partial charge in [0.25, 0.3) is 5.91 Å². The molecule has 3 aromatic rings. The molecule has 5 nitrogen and oxygen atoms in total. The number of rotatable bonds is 5. The van der Waals surface area contributed by atoms with Gasteiger partial charge in [-0.15, -0.1) is 11.3 Å². The van der Waals surface area contributed by atoms with Crippen molar-refractivity contribution in [2.45, 2.75) is 0 Å². The minimum absolute atomic E-state index is 0.340. The van der Waals surface area contributed by atoms with Crippen molar-refractivity contribution in [3.8, 4) is 16.9 Å². The van der Waals surface area contributed by atoms with Crippen molar-refractivity contribution >= 4 is 28.2 Å². The van der Waals surface area contributed by atoms with Gasteiger partial charge in [0.2, 0.25) is 0 Å². The number of methoxy groups -OCH3 is 2. The first kappa shape index (κ1) is 17.7. The van der Waals surface area contributed by atoms with Crippen molar-refractivity contribution in [2.24, 2.45) is 0 Å². The standard InChI is InChI=1S/C20H17NO4S/c1-24-16-11-7-6-10-14(16)18(22)21-19-17(20(23)25-2)15(12-26-19)13-8-4-3-5-9-13/h3-12H,1-2H3,(H,21,22). The molecule has 0 spiro atoms. The zero-order valence-corrected chi connectivity index (χ0v) is 15.1. The molecule has 1 heterocycles. The van der Waals surface area contributed by atoms with Crippen molar-refractivity contribution in [3.63, 3.8) is 0 Å². The van der Waals surface area contributed by atoms with Crippen LogP contribution in [0.1, 0.15) is 20.7 Å². The highest BCUT2D eigenvalue weighted by molar-refractivity contribution is 7.15. The fourth-order valence-electron chi connectivity index (χ4n) is 2.59. The molecule has 0 aliphatic rings. The van der Waals surface area contributed by atoms with E-state index in [9.17, 15) is 9.59 Å². The Morgan fingerprint density at radius 2 is 1.65 bits per heavy atom. The van der Waals surface area contributed by atoms with E-state index in [-0.39, 0.29) is 5.91 Å². The van der Waals surface area contributed by atoms with Gasteiger partial charge in [-0.3, -0.25) is 4.79 Å². The molecule has 0 saturated heterocycles. The number of amides is 1. The molecule has 1 amide bonds. The Labute approximate surface area is 155 Å². The summed E-state index contributed by atoms with van der Waals surface area (Å²) in [6.07, 6.45) is 0. The van der Waals surface area contributed by atoms with Gasteiger partial charge in [0.15, 0.2) is 0 Å². The minimum atomic E-state index is -0.500. The van der Waals surface area contributed by atoms with Crippen LogP contribution in [0.2, 0.25) is 0 Å². The SMILES string of the molecule is COC(=O)c1c(-c2ccccc2)csc1NC(=O)c1ccccc1OC. The van der Waals surface area contributed by atoms with Gasteiger partial charge in [-0.05, 0) is 17.7 Å². The zero-order chi connectivity index (χ0) is 18.5. The average Bonchev–Trinajstić information content (AvgIpc) is 3.11. The monoisotopic (exact) mass is 367 g/mol. The van der Waals surface area contributed by atoms with Gasteiger partial charge in [-0.25, -0.2) is 4.79 Å². The third-order valence-electron chi connectivity index (χ3n) is 3.84. The highest BCUT2D eigenvalue weighted by Crippen LogP contribution is 2.36. The van der Waals surface area contributed by atoms with Crippen LogP contribution < -0.4 is 10.1 Å². The van der Waals surface area contributed by atoms with E-state index in [0.29, 0.717) is 21.9 Å². The van der Waals surface area contributed by atoms with Crippen LogP contribution in [0.4, 0.5) is 5.00 Å². The lowest BCUT2D eigenvalue weighted by atomic mass is 10.0. The number of hydrogen-bond donors (Lipinski definition) is 1. The summed E-state index contributed by atoms with van der Waals surface area (Å²) in [5, 5.41) is 5.08. The molecule has 0 fully saturated rings. The van der Waals surface area contributed by atoms with Gasteiger partial charge in [-0.1, -0.05) is 42.5 Å². The molecule has 0 atom stereocenters. The van der Waals surface area contributed by atoms with Crippen molar-refractivity contribution in [1.82, 2.24) is 0 Å². The summed E-state index contributed by atoms with van der Waals surface area (Å²) in [4.78, 5) is 25.0. The molecule has 0 radical (unpaired) electrons. The lowest BCUT2D eigenvalue weighted by Gasteiger charge is -2.10. The molecular weight excluding hydrogens is 350 g/mol. The first-order valence-corrected chi connectivity index (χ1v) is 8.73. The Bertz CT molecular complexity index is 934. The number of hydrogen-bond acceptors (Lipinski definition) is 5. The number of thiophene rings is 1. The van der Waals surface area contributed by atoms with Crippen molar-refractivity contribution in [3.05, 3.63) is 71.1 Å². The van der Waals surface area contributed by atoms with Gasteiger partial charge < -0.3 is 14.8 Å². The molecule has 1 N–H and O–H groups in total. The largest absolute Gasteiger partial charge is 0.496 e. The van der Waals surface area contributed by atoms with Crippen LogP contribution in [-0.4, -0.2) is 26.1 Å². The number of esters is 1. The van der Waals surface area contributed by atoms with Crippen LogP contribution in [0.15, 0.2) is 60.0 Å². The Balaban J connectivity index is 1.99. The summed E-state index contributed by atoms with van der Waals surface area (Å²) in [6.45, 7) is 0. The normalized spacial score (nSPS) is 10.2. The average molecular weight is 367 g/mol. The molecule has 0 bridgehead atoms. The Kier molecular flexibility index (Phi) is 5.34. The van der Waals surface area contributed by atoms with E-state index in [2.05, 4.69) is 5.32 Å². The van der Waals surface area contributed by atoms with E-state index < -0.39 is 5.97 Å². The van der Waals surface area contributed by atoms with Crippen LogP contribution in [-0.2, 0) is 4.74 Å². The summed E-state index contributed by atoms with van der Waals surface area (Å²) in [7, 11) is 2.82. The van der Waals surface area contributed by atoms with Crippen molar-refractivity contribution in [2.75, 3.05) is 19.5 Å². The number of para-hydroxylation sites is 1. The van der Waals surface area contributed by atoms with E-state index >= 15 is 0 Å². The highest BCUT2D eigenvalue weighted by Gasteiger charge is 2.23. The van der Waals surface area contributed by atoms with Crippen LogP contribution in [0.25, 0.3) is 11.1 Å². The van der Waals surface area contributed by atoms with E-state index in [1.165, 1.54) is 25.6 Å². The Morgan fingerprint density at radius 1 is 0.962 bits per heavy atom. The Morgan fingerprint density at radius 3 is 2.35 bits per heavy atom. The number of ether oxygens (including phenoxy) is 2. The van der Waals surface area contributed by atoms with E-state index in [1.807, 2.05) is 35.7 Å². The number of carbonyl (C=O) groups is 2. The molecule has 0 aliphatic carbocycles. The van der Waals surface area contributed by atoms with Crippen molar-refractivity contribution < 1.29 is 19.1 Å². The van der Waals surface area contributed by atoms with Crippen LogP contribution in [0.5, 0.6) is 5.75 Å². The number of anilines is 1. The summed E-state index contributed by atoms with van der Waals surface area (Å²) < 4.78 is 10.1. The molecule has 2 aromatic carbocycles. The van der Waals surface area contributed by atoms with Crippen LogP contribution in [0, 0.1) is 0 Å². The molecule has 0 aliphatic heterocycles. The summed E-state index contributed by atoms with van der Waals surface area (Å²) in [5.41, 5.74) is 2.33. The predicted octanol–water partition coefficient (Wildman–Crippen LogP) is 4.46. The summed E-state index contributed by atoms with van der Waals surface area (Å²) in [6, 6.07) is 16.4. The van der Waals surface area contributed by atoms with Gasteiger partial charge in [-0.2, -0.15) is 0 Å². The summed E-state index contributed by atoms with van der Waals surface area (Å²) >= 11 is 1.28. The smallest absolute Gasteiger partial charge is 0.341 e. The van der Waals surface area contributed by atoms with E-state index in [1.54, 1.807) is 24.3 Å². The maximum absolute atomic E-state index is 12.7. The first-order chi connectivity index (χ1) is 12.7. The topological polar surface area (TPSA) is 64.6 Å². The van der Waals surface area contributed by atoms with Gasteiger partial charge >= 0.3 is 5.97 Å². The van der Waals surface area contributed by atoms with Crippen molar-refractivity contribution in [1.29, 1.82) is 0 Å². The third kappa shape index (κ3) is 3.45. The first-order valence-electron chi connectivity index (χ1n) is 7.85. The van der Waals surface area contributed by atoms with Crippen LogP contribution >= 0.6 is 11.3 Å². The lowest BCUT2D eigenvalue weighted by Crippen LogP contribution is -2.15. The molecule has 26 heavy (non-hydrogen) atoms. The second-order valence-corrected chi connectivity index (χ2v) is 6.25. The van der Waals surface area contributed by atoms with Crippen LogP contribution in [0.3, 0.4) is 0 Å². The fourth-order valence-corrected chi connectivity index (χ4v) is 3.54. The molecule has 0 saturated carbocycles. The minimum Gasteiger partial charge on any atom is -0.496 e. The number of nitrogens with one attached hydrogen (secondary N) is 1. The summed E-state index contributed by atoms with van der Waals surface area (Å²) in [5.74, 6) is -0.390. The molecule has 6 heteroatoms. The predicted molar refractivity (Wildman–Crippen MR) is 102 cm³/mol. The number of benzene rings is 2. The second-order valence-electron chi connectivity index (χ2n) is 5.37. The highest BCUT2D eigenvalue weighted by atomic mass is 32.1. The van der Waals surface area contributed by atoms with Gasteiger partial charge in [0.05, 0.1) is 19.8 Å². The number of carbonyl (C=O) groups excluding carboxylic acids is 2. The maximum atomic E-state index is 12.7. The second kappa shape index (κ2) is 7.84. The maximum Gasteiger partial charge on any atom is 0.341 e. The molecule has 0 unspecified atom stereocenters. The lowest BCUT2D eigenvalue weighted by molar-refractivity contribution is 0.0603. The van der Waals surface area contributed by atoms with Gasteiger partial charge in [0.1, 0.15) is 16.3 Å². The van der Waals surface area contributed by atoms with E-state index in [0.717, 1.165) is 11.1 Å². The Hall–Kier alpha value is -3.12. The zero-order valence-electron chi connectivity index (χ0n) is 14.3. The fraction of sp³-hybridized carbons (Fsp3) is 0.100. The quantitative estimate of drug-likeness (QED) is 0.676. The molecular formula is C20H17NO4S. The molecule has 3 rings (SSSR count). The van der Waals surface area contributed by atoms with Gasteiger partial charge in [0, 0.05) is 10.9 Å². The third-order valence-corrected chi connectivity index (χ3v) is 4.74.